The molecule has 1 heterocycles. The van der Waals surface area contributed by atoms with Crippen molar-refractivity contribution >= 4 is 21.8 Å². The van der Waals surface area contributed by atoms with Crippen molar-refractivity contribution in [2.24, 2.45) is 0 Å². The normalized spacial score (nSPS) is 10.2. The first-order valence-electron chi connectivity index (χ1n) is 8.95. The van der Waals surface area contributed by atoms with E-state index < -0.39 is 0 Å². The summed E-state index contributed by atoms with van der Waals surface area (Å²) in [6, 6.07) is 14.9. The lowest BCUT2D eigenvalue weighted by atomic mass is 10.2. The van der Waals surface area contributed by atoms with Gasteiger partial charge in [-0.05, 0) is 52.7 Å². The molecule has 0 aliphatic heterocycles. The van der Waals surface area contributed by atoms with Gasteiger partial charge in [0.15, 0.2) is 18.1 Å². The summed E-state index contributed by atoms with van der Waals surface area (Å²) < 4.78 is 13.5. The van der Waals surface area contributed by atoms with Crippen molar-refractivity contribution in [3.8, 4) is 23.3 Å². The molecule has 3 aromatic rings. The van der Waals surface area contributed by atoms with E-state index in [1.165, 1.54) is 0 Å². The van der Waals surface area contributed by atoms with E-state index >= 15 is 0 Å². The van der Waals surface area contributed by atoms with Gasteiger partial charge in [0.05, 0.1) is 28.4 Å². The van der Waals surface area contributed by atoms with Gasteiger partial charge in [-0.25, -0.2) is 4.68 Å². The molecule has 1 amide bonds. The van der Waals surface area contributed by atoms with Crippen molar-refractivity contribution < 1.29 is 14.3 Å². The molecule has 8 heteroatoms. The fourth-order valence-electron chi connectivity index (χ4n) is 2.61. The van der Waals surface area contributed by atoms with Crippen molar-refractivity contribution in [3.63, 3.8) is 0 Å². The van der Waals surface area contributed by atoms with E-state index in [9.17, 15) is 4.79 Å². The number of benzene rings is 2. The Morgan fingerprint density at radius 3 is 2.72 bits per heavy atom. The summed E-state index contributed by atoms with van der Waals surface area (Å²) >= 11 is 3.36. The summed E-state index contributed by atoms with van der Waals surface area (Å²) in [4.78, 5) is 12.2. The number of halogens is 1. The summed E-state index contributed by atoms with van der Waals surface area (Å²) in [6.45, 7) is 2.46. The van der Waals surface area contributed by atoms with Gasteiger partial charge in [-0.2, -0.15) is 10.4 Å². The Morgan fingerprint density at radius 1 is 1.28 bits per heavy atom. The monoisotopic (exact) mass is 454 g/mol. The second kappa shape index (κ2) is 9.75. The quantitative estimate of drug-likeness (QED) is 0.561. The molecule has 0 spiro atoms. The molecule has 0 aliphatic rings. The van der Waals surface area contributed by atoms with Gasteiger partial charge in [-0.3, -0.25) is 4.79 Å². The fraction of sp³-hybridized carbons (Fsp3) is 0.190. The molecule has 0 fully saturated rings. The predicted molar refractivity (Wildman–Crippen MR) is 111 cm³/mol. The van der Waals surface area contributed by atoms with Gasteiger partial charge < -0.3 is 14.8 Å². The molecule has 0 saturated heterocycles. The molecule has 0 saturated carbocycles. The molecule has 0 atom stereocenters. The number of ether oxygens (including phenoxy) is 2. The average Bonchev–Trinajstić information content (AvgIpc) is 3.27. The lowest BCUT2D eigenvalue weighted by molar-refractivity contribution is -0.123. The van der Waals surface area contributed by atoms with Gasteiger partial charge in [0.2, 0.25) is 0 Å². The second-order valence-electron chi connectivity index (χ2n) is 6.01. The van der Waals surface area contributed by atoms with E-state index in [0.29, 0.717) is 34.7 Å². The molecule has 0 aliphatic carbocycles. The number of nitrogens with zero attached hydrogens (tertiary/aromatic N) is 3. The molecule has 0 bridgehead atoms. The summed E-state index contributed by atoms with van der Waals surface area (Å²) in [6.07, 6.45) is 3.59. The highest BCUT2D eigenvalue weighted by molar-refractivity contribution is 9.10. The van der Waals surface area contributed by atoms with Crippen molar-refractivity contribution in [2.45, 2.75) is 13.5 Å². The highest BCUT2D eigenvalue weighted by Crippen LogP contribution is 2.36. The highest BCUT2D eigenvalue weighted by atomic mass is 79.9. The van der Waals surface area contributed by atoms with Gasteiger partial charge in [-0.15, -0.1) is 0 Å². The fourth-order valence-corrected chi connectivity index (χ4v) is 3.17. The Kier molecular flexibility index (Phi) is 6.87. The lowest BCUT2D eigenvalue weighted by Gasteiger charge is -2.14. The maximum absolute atomic E-state index is 12.2. The van der Waals surface area contributed by atoms with Crippen LogP contribution in [0.1, 0.15) is 18.1 Å². The maximum atomic E-state index is 12.2. The maximum Gasteiger partial charge on any atom is 0.258 e. The first-order chi connectivity index (χ1) is 14.1. The third-order valence-electron chi connectivity index (χ3n) is 3.98. The third kappa shape index (κ3) is 5.36. The minimum Gasteiger partial charge on any atom is -0.490 e. The minimum absolute atomic E-state index is 0.171. The van der Waals surface area contributed by atoms with Crippen LogP contribution in [-0.2, 0) is 11.3 Å². The van der Waals surface area contributed by atoms with E-state index in [2.05, 4.69) is 32.4 Å². The van der Waals surface area contributed by atoms with Gasteiger partial charge in [0.1, 0.15) is 0 Å². The van der Waals surface area contributed by atoms with Crippen LogP contribution in [0, 0.1) is 11.3 Å². The number of carbonyl (C=O) groups excluding carboxylic acids is 1. The molecule has 148 valence electrons. The number of hydrogen-bond donors (Lipinski definition) is 1. The molecule has 0 unspecified atom stereocenters. The van der Waals surface area contributed by atoms with Crippen molar-refractivity contribution in [3.05, 3.63) is 70.5 Å². The van der Waals surface area contributed by atoms with Gasteiger partial charge in [-0.1, -0.05) is 12.1 Å². The molecular formula is C21H19BrN4O3. The number of amides is 1. The first-order valence-corrected chi connectivity index (χ1v) is 9.75. The zero-order chi connectivity index (χ0) is 20.6. The van der Waals surface area contributed by atoms with Gasteiger partial charge >= 0.3 is 0 Å². The lowest BCUT2D eigenvalue weighted by Crippen LogP contribution is -2.28. The van der Waals surface area contributed by atoms with Crippen LogP contribution in [-0.4, -0.2) is 28.9 Å². The van der Waals surface area contributed by atoms with Crippen molar-refractivity contribution in [1.29, 1.82) is 5.26 Å². The molecule has 0 radical (unpaired) electrons. The Labute approximate surface area is 177 Å². The zero-order valence-corrected chi connectivity index (χ0v) is 17.3. The van der Waals surface area contributed by atoms with E-state index in [1.54, 1.807) is 23.0 Å². The van der Waals surface area contributed by atoms with Crippen LogP contribution in [0.3, 0.4) is 0 Å². The van der Waals surface area contributed by atoms with Gasteiger partial charge in [0, 0.05) is 25.0 Å². The number of aromatic nitrogens is 2. The Hall–Kier alpha value is -3.31. The number of carbonyl (C=O) groups is 1. The largest absolute Gasteiger partial charge is 0.490 e. The van der Waals surface area contributed by atoms with Crippen LogP contribution in [0.2, 0.25) is 0 Å². The summed E-state index contributed by atoms with van der Waals surface area (Å²) in [5.41, 5.74) is 2.35. The van der Waals surface area contributed by atoms with Crippen LogP contribution in [0.5, 0.6) is 11.5 Å². The van der Waals surface area contributed by atoms with Crippen LogP contribution in [0.15, 0.2) is 59.3 Å². The van der Waals surface area contributed by atoms with Gasteiger partial charge in [0.25, 0.3) is 5.91 Å². The molecule has 3 rings (SSSR count). The van der Waals surface area contributed by atoms with Crippen LogP contribution in [0.25, 0.3) is 5.69 Å². The van der Waals surface area contributed by atoms with Crippen molar-refractivity contribution in [1.82, 2.24) is 15.1 Å². The number of nitrogens with one attached hydrogen (secondary N) is 1. The second-order valence-corrected chi connectivity index (χ2v) is 6.87. The zero-order valence-electron chi connectivity index (χ0n) is 15.8. The highest BCUT2D eigenvalue weighted by Gasteiger charge is 2.14. The minimum atomic E-state index is -0.264. The molecular weight excluding hydrogens is 436 g/mol. The number of rotatable bonds is 8. The summed E-state index contributed by atoms with van der Waals surface area (Å²) in [5, 5.41) is 16.1. The Bertz CT molecular complexity index is 1010. The molecule has 2 aromatic carbocycles. The van der Waals surface area contributed by atoms with Crippen LogP contribution >= 0.6 is 15.9 Å². The summed E-state index contributed by atoms with van der Waals surface area (Å²) in [5.74, 6) is 0.546. The molecule has 1 N–H and O–H groups in total. The van der Waals surface area contributed by atoms with E-state index in [0.717, 1.165) is 11.3 Å². The predicted octanol–water partition coefficient (Wildman–Crippen LogP) is 3.60. The molecule has 7 nitrogen and oxygen atoms in total. The van der Waals surface area contributed by atoms with E-state index in [4.69, 9.17) is 14.7 Å². The first kappa shape index (κ1) is 20.4. The van der Waals surface area contributed by atoms with Crippen LogP contribution in [0.4, 0.5) is 0 Å². The standard InChI is InChI=1S/C21H19BrN4O3/c1-2-28-19-11-16(12-23)10-18(22)21(19)29-14-20(27)24-13-15-4-6-17(7-5-15)26-9-3-8-25-26/h3-11H,2,13-14H2,1H3,(H,24,27). The topological polar surface area (TPSA) is 89.2 Å². The van der Waals surface area contributed by atoms with Crippen molar-refractivity contribution in [2.75, 3.05) is 13.2 Å². The number of hydrogen-bond acceptors (Lipinski definition) is 5. The molecule has 1 aromatic heterocycles. The van der Waals surface area contributed by atoms with E-state index in [1.807, 2.05) is 43.5 Å². The Balaban J connectivity index is 1.56. The summed E-state index contributed by atoms with van der Waals surface area (Å²) in [7, 11) is 0. The average molecular weight is 455 g/mol. The Morgan fingerprint density at radius 2 is 2.07 bits per heavy atom. The smallest absolute Gasteiger partial charge is 0.258 e. The van der Waals surface area contributed by atoms with E-state index in [-0.39, 0.29) is 12.5 Å². The molecule has 29 heavy (non-hydrogen) atoms. The van der Waals surface area contributed by atoms with Crippen LogP contribution < -0.4 is 14.8 Å². The third-order valence-corrected chi connectivity index (χ3v) is 4.57. The number of nitriles is 1. The SMILES string of the molecule is CCOc1cc(C#N)cc(Br)c1OCC(=O)NCc1ccc(-n2cccn2)cc1.